The molecule has 0 saturated carbocycles. The van der Waals surface area contributed by atoms with Crippen molar-refractivity contribution < 1.29 is 18.3 Å². The van der Waals surface area contributed by atoms with Gasteiger partial charge in [-0.15, -0.1) is 0 Å². The number of aromatic carboxylic acids is 1. The summed E-state index contributed by atoms with van der Waals surface area (Å²) in [6.45, 7) is 0. The van der Waals surface area contributed by atoms with Gasteiger partial charge in [-0.05, 0) is 24.3 Å². The standard InChI is InChI=1S/C16H13N3O5S/c1-25(23,24)18-14-7-6-10(8-17-14)19-9-12(16(21)22)15(20)11-4-2-3-5-13(11)19/h2-9H,1H3,(H,17,18)(H,21,22). The Labute approximate surface area is 142 Å². The Bertz CT molecular complexity index is 1130. The molecule has 9 heteroatoms. The van der Waals surface area contributed by atoms with Gasteiger partial charge in [0.2, 0.25) is 15.5 Å². The Balaban J connectivity index is 2.20. The second-order valence-electron chi connectivity index (χ2n) is 5.34. The van der Waals surface area contributed by atoms with Crippen LogP contribution in [0, 0.1) is 0 Å². The van der Waals surface area contributed by atoms with Crippen molar-refractivity contribution in [2.45, 2.75) is 0 Å². The molecule has 3 aromatic rings. The molecule has 0 amide bonds. The normalized spacial score (nSPS) is 11.4. The molecule has 25 heavy (non-hydrogen) atoms. The molecule has 128 valence electrons. The van der Waals surface area contributed by atoms with E-state index in [1.165, 1.54) is 23.0 Å². The van der Waals surface area contributed by atoms with Crippen molar-refractivity contribution in [2.24, 2.45) is 0 Å². The molecule has 0 spiro atoms. The predicted molar refractivity (Wildman–Crippen MR) is 92.8 cm³/mol. The maximum absolute atomic E-state index is 12.3. The average Bonchev–Trinajstić information content (AvgIpc) is 2.55. The maximum atomic E-state index is 12.3. The van der Waals surface area contributed by atoms with Crippen LogP contribution in [0.1, 0.15) is 10.4 Å². The van der Waals surface area contributed by atoms with Crippen LogP contribution in [0.5, 0.6) is 0 Å². The number of fused-ring (bicyclic) bond motifs is 1. The molecule has 0 unspecified atom stereocenters. The lowest BCUT2D eigenvalue weighted by atomic mass is 10.1. The van der Waals surface area contributed by atoms with E-state index in [-0.39, 0.29) is 16.8 Å². The molecule has 2 heterocycles. The van der Waals surface area contributed by atoms with Gasteiger partial charge in [-0.3, -0.25) is 9.52 Å². The van der Waals surface area contributed by atoms with Crippen LogP contribution in [0.25, 0.3) is 16.6 Å². The molecule has 0 bridgehead atoms. The van der Waals surface area contributed by atoms with Crippen molar-refractivity contribution in [1.29, 1.82) is 0 Å². The van der Waals surface area contributed by atoms with E-state index in [1.807, 2.05) is 0 Å². The number of carboxylic acid groups (broad SMARTS) is 1. The van der Waals surface area contributed by atoms with E-state index in [0.717, 1.165) is 6.26 Å². The highest BCUT2D eigenvalue weighted by Crippen LogP contribution is 2.18. The number of para-hydroxylation sites is 1. The van der Waals surface area contributed by atoms with Crippen molar-refractivity contribution in [3.05, 3.63) is 64.6 Å². The van der Waals surface area contributed by atoms with Gasteiger partial charge in [-0.25, -0.2) is 18.2 Å². The molecule has 0 aliphatic carbocycles. The summed E-state index contributed by atoms with van der Waals surface area (Å²) in [5.41, 5.74) is 0.0700. The van der Waals surface area contributed by atoms with Crippen LogP contribution in [0.3, 0.4) is 0 Å². The first-order valence-corrected chi connectivity index (χ1v) is 8.97. The van der Waals surface area contributed by atoms with Gasteiger partial charge in [0.1, 0.15) is 11.4 Å². The van der Waals surface area contributed by atoms with E-state index in [9.17, 15) is 23.1 Å². The molecule has 2 N–H and O–H groups in total. The van der Waals surface area contributed by atoms with Gasteiger partial charge in [0.15, 0.2) is 0 Å². The van der Waals surface area contributed by atoms with Crippen LogP contribution in [-0.2, 0) is 10.0 Å². The third-order valence-corrected chi connectivity index (χ3v) is 4.04. The number of rotatable bonds is 4. The number of carboxylic acids is 1. The number of hydrogen-bond acceptors (Lipinski definition) is 5. The second-order valence-corrected chi connectivity index (χ2v) is 7.09. The SMILES string of the molecule is CS(=O)(=O)Nc1ccc(-n2cc(C(=O)O)c(=O)c3ccccc32)cn1. The zero-order chi connectivity index (χ0) is 18.2. The number of nitrogens with one attached hydrogen (secondary N) is 1. The van der Waals surface area contributed by atoms with Crippen LogP contribution in [0.2, 0.25) is 0 Å². The molecule has 0 aliphatic rings. The molecule has 2 aromatic heterocycles. The van der Waals surface area contributed by atoms with Crippen LogP contribution in [0.15, 0.2) is 53.6 Å². The van der Waals surface area contributed by atoms with E-state index in [4.69, 9.17) is 0 Å². The quantitative estimate of drug-likeness (QED) is 0.728. The van der Waals surface area contributed by atoms with Gasteiger partial charge in [0, 0.05) is 11.6 Å². The average molecular weight is 359 g/mol. The van der Waals surface area contributed by atoms with E-state index in [2.05, 4.69) is 9.71 Å². The van der Waals surface area contributed by atoms with Gasteiger partial charge < -0.3 is 9.67 Å². The number of benzene rings is 1. The summed E-state index contributed by atoms with van der Waals surface area (Å²) >= 11 is 0. The number of hydrogen-bond donors (Lipinski definition) is 2. The van der Waals surface area contributed by atoms with Gasteiger partial charge in [-0.1, -0.05) is 12.1 Å². The van der Waals surface area contributed by atoms with Crippen LogP contribution in [0.4, 0.5) is 5.82 Å². The highest BCUT2D eigenvalue weighted by atomic mass is 32.2. The van der Waals surface area contributed by atoms with Gasteiger partial charge >= 0.3 is 5.97 Å². The summed E-state index contributed by atoms with van der Waals surface area (Å²) in [4.78, 5) is 27.6. The second kappa shape index (κ2) is 6.02. The highest BCUT2D eigenvalue weighted by molar-refractivity contribution is 7.92. The third kappa shape index (κ3) is 3.36. The summed E-state index contributed by atoms with van der Waals surface area (Å²) < 4.78 is 26.2. The summed E-state index contributed by atoms with van der Waals surface area (Å²) in [6.07, 6.45) is 3.63. The fraction of sp³-hybridized carbons (Fsp3) is 0.0625. The zero-order valence-electron chi connectivity index (χ0n) is 13.0. The number of nitrogens with zero attached hydrogens (tertiary/aromatic N) is 2. The number of pyridine rings is 2. The summed E-state index contributed by atoms with van der Waals surface area (Å²) in [7, 11) is -3.45. The Kier molecular flexibility index (Phi) is 4.01. The van der Waals surface area contributed by atoms with Crippen LogP contribution in [-0.4, -0.2) is 35.3 Å². The Morgan fingerprint density at radius 3 is 2.52 bits per heavy atom. The molecule has 0 radical (unpaired) electrons. The molecular weight excluding hydrogens is 346 g/mol. The molecular formula is C16H13N3O5S. The van der Waals surface area contributed by atoms with E-state index < -0.39 is 21.4 Å². The number of sulfonamides is 1. The fourth-order valence-electron chi connectivity index (χ4n) is 2.42. The van der Waals surface area contributed by atoms with Crippen molar-refractivity contribution in [3.8, 4) is 5.69 Å². The lowest BCUT2D eigenvalue weighted by Crippen LogP contribution is -2.18. The van der Waals surface area contributed by atoms with Crippen molar-refractivity contribution in [1.82, 2.24) is 9.55 Å². The largest absolute Gasteiger partial charge is 0.477 e. The van der Waals surface area contributed by atoms with E-state index >= 15 is 0 Å². The molecule has 0 fully saturated rings. The Morgan fingerprint density at radius 2 is 1.92 bits per heavy atom. The first-order chi connectivity index (χ1) is 11.8. The molecule has 0 atom stereocenters. The smallest absolute Gasteiger partial charge is 0.341 e. The number of anilines is 1. The molecule has 8 nitrogen and oxygen atoms in total. The van der Waals surface area contributed by atoms with Gasteiger partial charge in [0.25, 0.3) is 0 Å². The first kappa shape index (κ1) is 16.7. The Morgan fingerprint density at radius 1 is 1.20 bits per heavy atom. The van der Waals surface area contributed by atoms with Crippen molar-refractivity contribution in [3.63, 3.8) is 0 Å². The molecule has 1 aromatic carbocycles. The number of aromatic nitrogens is 2. The predicted octanol–water partition coefficient (Wildman–Crippen LogP) is 1.46. The summed E-state index contributed by atoms with van der Waals surface area (Å²) in [5, 5.41) is 9.53. The first-order valence-electron chi connectivity index (χ1n) is 7.08. The molecule has 0 aliphatic heterocycles. The maximum Gasteiger partial charge on any atom is 0.341 e. The summed E-state index contributed by atoms with van der Waals surface area (Å²) in [5.74, 6) is -1.19. The van der Waals surface area contributed by atoms with E-state index in [0.29, 0.717) is 11.2 Å². The highest BCUT2D eigenvalue weighted by Gasteiger charge is 2.15. The lowest BCUT2D eigenvalue weighted by molar-refractivity contribution is 0.0695. The van der Waals surface area contributed by atoms with Crippen molar-refractivity contribution >= 4 is 32.7 Å². The van der Waals surface area contributed by atoms with Gasteiger partial charge in [0.05, 0.1) is 23.7 Å². The summed E-state index contributed by atoms with van der Waals surface area (Å²) in [6, 6.07) is 9.63. The molecule has 3 rings (SSSR count). The van der Waals surface area contributed by atoms with Crippen LogP contribution >= 0.6 is 0 Å². The lowest BCUT2D eigenvalue weighted by Gasteiger charge is -2.12. The monoisotopic (exact) mass is 359 g/mol. The van der Waals surface area contributed by atoms with E-state index in [1.54, 1.807) is 30.3 Å². The minimum atomic E-state index is -3.45. The minimum Gasteiger partial charge on any atom is -0.477 e. The van der Waals surface area contributed by atoms with Gasteiger partial charge in [-0.2, -0.15) is 0 Å². The Hall–Kier alpha value is -3.20. The third-order valence-electron chi connectivity index (χ3n) is 3.46. The fourth-order valence-corrected chi connectivity index (χ4v) is 2.92. The zero-order valence-corrected chi connectivity index (χ0v) is 13.8. The minimum absolute atomic E-state index is 0.134. The molecule has 0 saturated heterocycles. The van der Waals surface area contributed by atoms with Crippen molar-refractivity contribution in [2.75, 3.05) is 11.0 Å². The topological polar surface area (TPSA) is 118 Å². The van der Waals surface area contributed by atoms with Crippen LogP contribution < -0.4 is 10.2 Å². The number of carbonyl (C=O) groups is 1.